The van der Waals surface area contributed by atoms with E-state index in [1.54, 1.807) is 0 Å². The molecule has 0 radical (unpaired) electrons. The topological polar surface area (TPSA) is 61.1 Å². The third kappa shape index (κ3) is 1850. The summed E-state index contributed by atoms with van der Waals surface area (Å²) in [7, 11) is 0. The Morgan fingerprint density at radius 2 is 1.88 bits per heavy atom. The van der Waals surface area contributed by atoms with Crippen molar-refractivity contribution in [3.63, 3.8) is 0 Å². The van der Waals surface area contributed by atoms with E-state index in [-0.39, 0.29) is 29.6 Å². The number of nitriles is 1. The fraction of sp³-hybridized carbons (Fsp3) is 0.333. The van der Waals surface area contributed by atoms with Crippen LogP contribution in [-0.4, -0.2) is 40.6 Å². The summed E-state index contributed by atoms with van der Waals surface area (Å²) in [6, 6.07) is 0. The molecule has 0 aromatic rings. The molecule has 3 nitrogen and oxygen atoms in total. The van der Waals surface area contributed by atoms with Gasteiger partial charge in [0.2, 0.25) is 0 Å². The standard InChI is InChI=1S/C2H4O2.CHNS.Na.H/c1-2(3)4;2-1-3;;/h1H3,(H,3,4);3H;;. The first-order chi connectivity index (χ1) is 3.15. The van der Waals surface area contributed by atoms with E-state index in [9.17, 15) is 0 Å². The molecule has 0 spiro atoms. The van der Waals surface area contributed by atoms with E-state index in [4.69, 9.17) is 15.2 Å². The summed E-state index contributed by atoms with van der Waals surface area (Å²) in [5, 5.41) is 16.0. The molecule has 0 aromatic heterocycles. The molecule has 0 amide bonds. The Bertz CT molecular complexity index is 85.8. The molecule has 0 saturated heterocycles. The van der Waals surface area contributed by atoms with E-state index in [1.807, 2.05) is 0 Å². The predicted molar refractivity (Wildman–Crippen MR) is 35.1 cm³/mol. The van der Waals surface area contributed by atoms with Crippen LogP contribution in [0.2, 0.25) is 0 Å². The van der Waals surface area contributed by atoms with Crippen LogP contribution in [0, 0.1) is 10.7 Å². The number of thiocyanates is 1. The minimum absolute atomic E-state index is 0. The monoisotopic (exact) mass is 143 g/mol. The molecule has 0 rings (SSSR count). The van der Waals surface area contributed by atoms with Crippen LogP contribution in [0.5, 0.6) is 0 Å². The van der Waals surface area contributed by atoms with Gasteiger partial charge in [-0.05, 0) is 0 Å². The zero-order valence-corrected chi connectivity index (χ0v) is 4.64. The molecule has 42 valence electrons. The maximum absolute atomic E-state index is 9.00. The number of hydrogen-bond donors (Lipinski definition) is 2. The Hall–Kier alpha value is 0.310. The summed E-state index contributed by atoms with van der Waals surface area (Å²) in [5.74, 6) is -0.833. The molecule has 0 fully saturated rings. The minimum atomic E-state index is -0.833. The maximum atomic E-state index is 9.00. The molecular weight excluding hydrogens is 137 g/mol. The van der Waals surface area contributed by atoms with Crippen LogP contribution < -0.4 is 0 Å². The third-order valence-corrected chi connectivity index (χ3v) is 0. The van der Waals surface area contributed by atoms with Crippen molar-refractivity contribution in [3.05, 3.63) is 0 Å². The average Bonchev–Trinajstić information content (AvgIpc) is 1.33. The van der Waals surface area contributed by atoms with Gasteiger partial charge >= 0.3 is 29.6 Å². The third-order valence-electron chi connectivity index (χ3n) is 0. The molecule has 0 aliphatic carbocycles. The van der Waals surface area contributed by atoms with E-state index in [0.29, 0.717) is 0 Å². The van der Waals surface area contributed by atoms with Gasteiger partial charge < -0.3 is 5.11 Å². The Morgan fingerprint density at radius 3 is 1.88 bits per heavy atom. The van der Waals surface area contributed by atoms with Gasteiger partial charge in [-0.3, -0.25) is 4.79 Å². The van der Waals surface area contributed by atoms with Crippen LogP contribution >= 0.6 is 12.6 Å². The van der Waals surface area contributed by atoms with Gasteiger partial charge in [-0.25, -0.2) is 0 Å². The first kappa shape index (κ1) is 15.7. The number of hydrogen-bond acceptors (Lipinski definition) is 3. The molecule has 8 heavy (non-hydrogen) atoms. The summed E-state index contributed by atoms with van der Waals surface area (Å²) in [4.78, 5) is 9.00. The summed E-state index contributed by atoms with van der Waals surface area (Å²) in [5.41, 5.74) is 0. The van der Waals surface area contributed by atoms with Gasteiger partial charge in [0.1, 0.15) is 5.40 Å². The Morgan fingerprint density at radius 1 is 1.88 bits per heavy atom. The van der Waals surface area contributed by atoms with E-state index in [1.165, 1.54) is 5.40 Å². The fourth-order valence-electron chi connectivity index (χ4n) is 0. The number of thiol groups is 1. The zero-order chi connectivity index (χ0) is 6.28. The van der Waals surface area contributed by atoms with Crippen molar-refractivity contribution in [1.29, 1.82) is 5.26 Å². The number of rotatable bonds is 0. The molecule has 0 saturated carbocycles. The number of aliphatic carboxylic acids is 1. The van der Waals surface area contributed by atoms with Gasteiger partial charge in [-0.15, -0.1) is 0 Å². The molecule has 0 heterocycles. The quantitative estimate of drug-likeness (QED) is 0.281. The van der Waals surface area contributed by atoms with Crippen LogP contribution in [0.25, 0.3) is 0 Å². The van der Waals surface area contributed by atoms with Crippen LogP contribution in [0.4, 0.5) is 0 Å². The molecule has 5 heteroatoms. The van der Waals surface area contributed by atoms with Gasteiger partial charge in [0.25, 0.3) is 5.97 Å². The molecule has 0 bridgehead atoms. The Kier molecular flexibility index (Phi) is 30.8. The number of nitrogens with zero attached hydrogens (tertiary/aromatic N) is 1. The van der Waals surface area contributed by atoms with Crippen LogP contribution in [0.15, 0.2) is 0 Å². The van der Waals surface area contributed by atoms with Crippen molar-refractivity contribution in [2.24, 2.45) is 0 Å². The molecule has 0 unspecified atom stereocenters. The zero-order valence-electron chi connectivity index (χ0n) is 3.75. The second-order valence-electron chi connectivity index (χ2n) is 0.619. The molecule has 1 N–H and O–H groups in total. The second kappa shape index (κ2) is 15.7. The van der Waals surface area contributed by atoms with Crippen molar-refractivity contribution in [1.82, 2.24) is 0 Å². The summed E-state index contributed by atoms with van der Waals surface area (Å²) < 4.78 is 0. The van der Waals surface area contributed by atoms with E-state index >= 15 is 0 Å². The average molecular weight is 143 g/mol. The number of carboxylic acids is 1. The predicted octanol–water partition coefficient (Wildman–Crippen LogP) is -0.160. The summed E-state index contributed by atoms with van der Waals surface area (Å²) in [6.45, 7) is 1.08. The fourth-order valence-corrected chi connectivity index (χ4v) is 0. The molecule has 0 aromatic carbocycles. The van der Waals surface area contributed by atoms with Gasteiger partial charge in [-0.1, -0.05) is 12.6 Å². The van der Waals surface area contributed by atoms with Gasteiger partial charge in [0, 0.05) is 6.92 Å². The van der Waals surface area contributed by atoms with Gasteiger partial charge in [0.15, 0.2) is 0 Å². The normalized spacial score (nSPS) is 4.12. The van der Waals surface area contributed by atoms with Crippen molar-refractivity contribution in [3.8, 4) is 5.40 Å². The number of carbonyl (C=O) groups is 1. The van der Waals surface area contributed by atoms with Crippen molar-refractivity contribution in [2.45, 2.75) is 6.92 Å². The molecular formula is C3H6NNaO2S. The molecule has 0 atom stereocenters. The van der Waals surface area contributed by atoms with Crippen LogP contribution in [0.1, 0.15) is 6.92 Å². The summed E-state index contributed by atoms with van der Waals surface area (Å²) >= 11 is 3.09. The molecule has 0 aliphatic rings. The SMILES string of the molecule is CC(=O)O.N#CS.[NaH]. The first-order valence-corrected chi connectivity index (χ1v) is 1.82. The Balaban J connectivity index is -0.0000000575. The van der Waals surface area contributed by atoms with Crippen LogP contribution in [-0.2, 0) is 4.79 Å². The summed E-state index contributed by atoms with van der Waals surface area (Å²) in [6.07, 6.45) is 0. The first-order valence-electron chi connectivity index (χ1n) is 1.37. The van der Waals surface area contributed by atoms with Gasteiger partial charge in [0.05, 0.1) is 0 Å². The molecule has 0 aliphatic heterocycles. The van der Waals surface area contributed by atoms with E-state index in [0.717, 1.165) is 6.92 Å². The van der Waals surface area contributed by atoms with Crippen molar-refractivity contribution < 1.29 is 9.90 Å². The van der Waals surface area contributed by atoms with E-state index < -0.39 is 5.97 Å². The second-order valence-corrected chi connectivity index (χ2v) is 0.819. The van der Waals surface area contributed by atoms with Crippen molar-refractivity contribution in [2.75, 3.05) is 0 Å². The van der Waals surface area contributed by atoms with E-state index in [2.05, 4.69) is 12.6 Å². The van der Waals surface area contributed by atoms with Crippen molar-refractivity contribution >= 4 is 48.2 Å². The number of carboxylic acid groups (broad SMARTS) is 1. The van der Waals surface area contributed by atoms with Crippen LogP contribution in [0.3, 0.4) is 0 Å². The van der Waals surface area contributed by atoms with Gasteiger partial charge in [-0.2, -0.15) is 5.26 Å². The Labute approximate surface area is 75.4 Å².